The molecule has 0 saturated heterocycles. The molecule has 0 spiro atoms. The third-order valence-electron chi connectivity index (χ3n) is 20.9. The van der Waals surface area contributed by atoms with Crippen molar-refractivity contribution in [3.8, 4) is 55.6 Å². The highest BCUT2D eigenvalue weighted by atomic mass is 16.3. The summed E-state index contributed by atoms with van der Waals surface area (Å²) in [4.78, 5) is 0. The van der Waals surface area contributed by atoms with Crippen molar-refractivity contribution in [1.29, 1.82) is 0 Å². The summed E-state index contributed by atoms with van der Waals surface area (Å²) in [6, 6.07) is 146. The number of rotatable bonds is 17. The Morgan fingerprint density at radius 1 is 0.137 bits per heavy atom. The second-order valence-electron chi connectivity index (χ2n) is 26.9. The zero-order chi connectivity index (χ0) is 67.7. The summed E-state index contributed by atoms with van der Waals surface area (Å²) >= 11 is 0. The minimum Gasteiger partial charge on any atom is -0.455 e. The van der Waals surface area contributed by atoms with Gasteiger partial charge in [-0.05, 0) is 123 Å². The maximum Gasteiger partial charge on any atom is 0.143 e. The SMILES string of the molecule is c1ccc(C(c2ccccc2)c2ccc(-c3ccc(C(c4ccc(-c5ccc(C(c6ccc(-c7ccc(C(c8ccccc8)c8ccccc8)cc7)cc6)c6ccc(-c7cccc8c7oc7ccccc78)cc6)cc5)cc4)c4ccc(-c5cccc6c5oc5ccccc56)cc4)cc3)cc2)cc1. The van der Waals surface area contributed by atoms with Crippen LogP contribution in [-0.4, -0.2) is 0 Å². The number of hydrogen-bond donors (Lipinski definition) is 0. The van der Waals surface area contributed by atoms with Crippen molar-refractivity contribution in [3.05, 3.63) is 467 Å². The zero-order valence-corrected chi connectivity index (χ0v) is 56.2. The van der Waals surface area contributed by atoms with Gasteiger partial charge in [0.15, 0.2) is 0 Å². The van der Waals surface area contributed by atoms with E-state index in [0.29, 0.717) is 0 Å². The first-order valence-electron chi connectivity index (χ1n) is 35.4. The first-order valence-corrected chi connectivity index (χ1v) is 35.4. The number of fused-ring (bicyclic) bond motifs is 6. The molecule has 2 unspecified atom stereocenters. The molecule has 2 nitrogen and oxygen atoms in total. The lowest BCUT2D eigenvalue weighted by Crippen LogP contribution is -2.04. The summed E-state index contributed by atoms with van der Waals surface area (Å²) in [6.07, 6.45) is 0. The van der Waals surface area contributed by atoms with Gasteiger partial charge in [0.25, 0.3) is 0 Å². The summed E-state index contributed by atoms with van der Waals surface area (Å²) in [5.74, 6) is 0.198. The topological polar surface area (TPSA) is 26.3 Å². The Morgan fingerprint density at radius 3 is 0.559 bits per heavy atom. The molecule has 482 valence electrons. The third-order valence-corrected chi connectivity index (χ3v) is 20.9. The van der Waals surface area contributed by atoms with E-state index >= 15 is 0 Å². The van der Waals surface area contributed by atoms with E-state index in [9.17, 15) is 0 Å². The van der Waals surface area contributed by atoms with E-state index in [0.717, 1.165) is 77.3 Å². The summed E-state index contributed by atoms with van der Waals surface area (Å²) in [6.45, 7) is 0. The highest BCUT2D eigenvalue weighted by Crippen LogP contribution is 2.43. The van der Waals surface area contributed by atoms with Gasteiger partial charge in [-0.25, -0.2) is 0 Å². The molecular formula is C100H70O2. The van der Waals surface area contributed by atoms with Crippen LogP contribution in [0.15, 0.2) is 409 Å². The molecule has 0 aliphatic heterocycles. The van der Waals surface area contributed by atoms with Gasteiger partial charge in [-0.2, -0.15) is 0 Å². The Morgan fingerprint density at radius 2 is 0.324 bits per heavy atom. The molecule has 2 heterocycles. The van der Waals surface area contributed by atoms with Crippen LogP contribution >= 0.6 is 0 Å². The Bertz CT molecular complexity index is 5450. The summed E-state index contributed by atoms with van der Waals surface area (Å²) in [7, 11) is 0. The molecular weight excluding hydrogens is 1230 g/mol. The molecule has 0 amide bonds. The first-order chi connectivity index (χ1) is 50.6. The number of furan rings is 2. The summed E-state index contributed by atoms with van der Waals surface area (Å²) < 4.78 is 13.1. The molecule has 18 rings (SSSR count). The molecule has 0 N–H and O–H groups in total. The van der Waals surface area contributed by atoms with Gasteiger partial charge in [-0.3, -0.25) is 0 Å². The predicted octanol–water partition coefficient (Wildman–Crippen LogP) is 26.5. The smallest absolute Gasteiger partial charge is 0.143 e. The number of hydrogen-bond acceptors (Lipinski definition) is 2. The largest absolute Gasteiger partial charge is 0.455 e. The standard InChI is InChI=1S/C100H70O2/c1-5-19-75(20-6-1)95(76-21-7-2-8-22-76)79-51-35-67(36-52-79)69-39-55-81(56-40-69)97(85-63-47-73(48-64-85)87-29-17-31-91-89-27-13-15-33-93(89)101-99(87)91)83-59-43-71(44-60-83)72-45-61-84(62-46-72)98(86-65-49-74(50-66-86)88-30-18-32-92-90-28-14-16-34-94(90)102-100(88)92)82-57-41-70(42-58-82)68-37-53-80(54-38-68)96(77-23-9-3-10-24-77)78-25-11-4-12-26-78/h1-66,95-98H. The number of para-hydroxylation sites is 4. The molecule has 16 aromatic carbocycles. The van der Waals surface area contributed by atoms with Crippen molar-refractivity contribution in [2.45, 2.75) is 23.7 Å². The molecule has 102 heavy (non-hydrogen) atoms. The Kier molecular flexibility index (Phi) is 16.3. The van der Waals surface area contributed by atoms with Crippen LogP contribution in [0.2, 0.25) is 0 Å². The Hall–Kier alpha value is -12.9. The van der Waals surface area contributed by atoms with E-state index in [1.807, 2.05) is 12.1 Å². The van der Waals surface area contributed by atoms with Crippen LogP contribution < -0.4 is 0 Å². The lowest BCUT2D eigenvalue weighted by atomic mass is 9.82. The first kappa shape index (κ1) is 61.5. The van der Waals surface area contributed by atoms with Crippen LogP contribution in [0.1, 0.15) is 90.4 Å². The van der Waals surface area contributed by atoms with Crippen molar-refractivity contribution in [1.82, 2.24) is 0 Å². The van der Waals surface area contributed by atoms with E-state index in [-0.39, 0.29) is 23.7 Å². The molecule has 0 fully saturated rings. The molecule has 0 radical (unpaired) electrons. The van der Waals surface area contributed by atoms with E-state index in [2.05, 4.69) is 388 Å². The van der Waals surface area contributed by atoms with Crippen LogP contribution in [0.4, 0.5) is 0 Å². The predicted molar refractivity (Wildman–Crippen MR) is 423 cm³/mol. The third kappa shape index (κ3) is 11.9. The van der Waals surface area contributed by atoms with Crippen molar-refractivity contribution in [2.24, 2.45) is 0 Å². The Labute approximate surface area is 595 Å². The highest BCUT2D eigenvalue weighted by molar-refractivity contribution is 6.10. The highest BCUT2D eigenvalue weighted by Gasteiger charge is 2.24. The van der Waals surface area contributed by atoms with Gasteiger partial charge in [0.1, 0.15) is 22.3 Å². The van der Waals surface area contributed by atoms with Crippen LogP contribution in [0.3, 0.4) is 0 Å². The molecule has 2 atom stereocenters. The summed E-state index contributed by atoms with van der Waals surface area (Å²) in [5.41, 5.74) is 30.0. The van der Waals surface area contributed by atoms with Gasteiger partial charge in [-0.1, -0.05) is 388 Å². The van der Waals surface area contributed by atoms with Gasteiger partial charge in [-0.15, -0.1) is 0 Å². The van der Waals surface area contributed by atoms with Crippen LogP contribution in [0.25, 0.3) is 99.5 Å². The summed E-state index contributed by atoms with van der Waals surface area (Å²) in [5, 5.41) is 4.51. The zero-order valence-electron chi connectivity index (χ0n) is 56.2. The maximum absolute atomic E-state index is 6.54. The minimum atomic E-state index is -0.0393. The lowest BCUT2D eigenvalue weighted by molar-refractivity contribution is 0.669. The van der Waals surface area contributed by atoms with Gasteiger partial charge in [0, 0.05) is 56.3 Å². The quantitative estimate of drug-likeness (QED) is 0.0850. The minimum absolute atomic E-state index is 0.0393. The van der Waals surface area contributed by atoms with Crippen LogP contribution in [0.5, 0.6) is 0 Å². The second kappa shape index (κ2) is 27.1. The molecule has 0 aliphatic carbocycles. The molecule has 0 aliphatic rings. The lowest BCUT2D eigenvalue weighted by Gasteiger charge is -2.21. The van der Waals surface area contributed by atoms with E-state index in [1.54, 1.807) is 0 Å². The van der Waals surface area contributed by atoms with Crippen molar-refractivity contribution < 1.29 is 8.83 Å². The molecule has 18 aromatic rings. The van der Waals surface area contributed by atoms with Crippen LogP contribution in [0, 0.1) is 0 Å². The fourth-order valence-electron chi connectivity index (χ4n) is 15.8. The Balaban J connectivity index is 0.664. The average molecular weight is 1300 g/mol. The fourth-order valence-corrected chi connectivity index (χ4v) is 15.8. The molecule has 0 bridgehead atoms. The van der Waals surface area contributed by atoms with Crippen LogP contribution in [-0.2, 0) is 0 Å². The second-order valence-corrected chi connectivity index (χ2v) is 26.9. The maximum atomic E-state index is 6.54. The van der Waals surface area contributed by atoms with E-state index < -0.39 is 0 Å². The monoisotopic (exact) mass is 1300 g/mol. The normalized spacial score (nSPS) is 12.2. The van der Waals surface area contributed by atoms with Gasteiger partial charge < -0.3 is 8.83 Å². The molecule has 2 heteroatoms. The van der Waals surface area contributed by atoms with Gasteiger partial charge >= 0.3 is 0 Å². The van der Waals surface area contributed by atoms with E-state index in [1.165, 1.54) is 89.0 Å². The van der Waals surface area contributed by atoms with Gasteiger partial charge in [0.05, 0.1) is 0 Å². The van der Waals surface area contributed by atoms with Crippen molar-refractivity contribution >= 4 is 43.9 Å². The van der Waals surface area contributed by atoms with Crippen molar-refractivity contribution in [3.63, 3.8) is 0 Å². The van der Waals surface area contributed by atoms with Crippen molar-refractivity contribution in [2.75, 3.05) is 0 Å². The van der Waals surface area contributed by atoms with E-state index in [4.69, 9.17) is 8.83 Å². The molecule has 0 saturated carbocycles. The average Bonchev–Trinajstić information content (AvgIpc) is 1.56. The van der Waals surface area contributed by atoms with Gasteiger partial charge in [0.2, 0.25) is 0 Å². The fraction of sp³-hybridized carbons (Fsp3) is 0.0400. The number of benzene rings is 16. The molecule has 2 aromatic heterocycles.